The number of carbonyl (C=O) groups excluding carboxylic acids is 3. The molecule has 6 nitrogen and oxygen atoms in total. The fraction of sp³-hybridized carbons (Fsp3) is 0.318. The Balaban J connectivity index is 1.56. The molecule has 2 aromatic carbocycles. The van der Waals surface area contributed by atoms with E-state index in [1.54, 1.807) is 12.1 Å². The van der Waals surface area contributed by atoms with E-state index in [2.05, 4.69) is 24.1 Å². The van der Waals surface area contributed by atoms with Gasteiger partial charge in [0.1, 0.15) is 0 Å². The number of carbonyl (C=O) groups is 3. The normalized spacial score (nSPS) is 20.4. The van der Waals surface area contributed by atoms with Crippen LogP contribution in [-0.4, -0.2) is 64.2 Å². The molecule has 2 saturated heterocycles. The predicted octanol–water partition coefficient (Wildman–Crippen LogP) is 3.01. The minimum atomic E-state index is -0.227. The van der Waals surface area contributed by atoms with Crippen LogP contribution < -0.4 is 0 Å². The van der Waals surface area contributed by atoms with Crippen LogP contribution in [-0.2, 0) is 11.3 Å². The molecule has 0 spiro atoms. The van der Waals surface area contributed by atoms with Gasteiger partial charge in [-0.15, -0.1) is 0 Å². The van der Waals surface area contributed by atoms with Crippen molar-refractivity contribution in [3.8, 4) is 0 Å². The summed E-state index contributed by atoms with van der Waals surface area (Å²) >= 11 is 1.02. The number of hydrogen-bond acceptors (Lipinski definition) is 5. The highest BCUT2D eigenvalue weighted by molar-refractivity contribution is 8.14. The Kier molecular flexibility index (Phi) is 5.69. The van der Waals surface area contributed by atoms with E-state index in [-0.39, 0.29) is 35.4 Å². The number of likely N-dealkylation sites (N-methyl/N-ethyl adjacent to an activating group) is 1. The summed E-state index contributed by atoms with van der Waals surface area (Å²) in [6.45, 7) is 2.46. The first-order valence-corrected chi connectivity index (χ1v) is 10.6. The monoisotopic (exact) mass is 409 g/mol. The Labute approximate surface area is 174 Å². The SMILES string of the molecule is CN1CCN(C(=O)c2cccc(CN3C(=O)CSC3=O)c2)[C@@H](c2ccccc2)C1. The second-order valence-electron chi connectivity index (χ2n) is 7.42. The number of benzene rings is 2. The lowest BCUT2D eigenvalue weighted by molar-refractivity contribution is -0.125. The highest BCUT2D eigenvalue weighted by Gasteiger charge is 2.32. The molecule has 1 atom stereocenters. The van der Waals surface area contributed by atoms with E-state index >= 15 is 0 Å². The summed E-state index contributed by atoms with van der Waals surface area (Å²) in [6, 6.07) is 17.3. The van der Waals surface area contributed by atoms with E-state index in [0.29, 0.717) is 12.1 Å². The Morgan fingerprint density at radius 3 is 2.59 bits per heavy atom. The number of imide groups is 1. The second kappa shape index (κ2) is 8.39. The molecule has 0 unspecified atom stereocenters. The van der Waals surface area contributed by atoms with Crippen LogP contribution in [0, 0.1) is 0 Å². The predicted molar refractivity (Wildman–Crippen MR) is 113 cm³/mol. The quantitative estimate of drug-likeness (QED) is 0.777. The smallest absolute Gasteiger partial charge is 0.289 e. The number of nitrogens with zero attached hydrogens (tertiary/aromatic N) is 3. The van der Waals surface area contributed by atoms with E-state index in [0.717, 1.165) is 36.0 Å². The average molecular weight is 410 g/mol. The Bertz CT molecular complexity index is 918. The topological polar surface area (TPSA) is 60.9 Å². The maximum absolute atomic E-state index is 13.4. The van der Waals surface area contributed by atoms with Gasteiger partial charge in [-0.2, -0.15) is 0 Å². The molecule has 0 bridgehead atoms. The molecule has 2 aliphatic heterocycles. The van der Waals surface area contributed by atoms with Gasteiger partial charge in [0.25, 0.3) is 11.1 Å². The van der Waals surface area contributed by atoms with E-state index in [4.69, 9.17) is 0 Å². The van der Waals surface area contributed by atoms with Crippen molar-refractivity contribution < 1.29 is 14.4 Å². The lowest BCUT2D eigenvalue weighted by Crippen LogP contribution is -2.49. The zero-order valence-electron chi connectivity index (χ0n) is 16.3. The fourth-order valence-electron chi connectivity index (χ4n) is 3.81. The molecule has 4 rings (SSSR count). The Morgan fingerprint density at radius 1 is 1.07 bits per heavy atom. The van der Waals surface area contributed by atoms with E-state index < -0.39 is 0 Å². The molecule has 29 heavy (non-hydrogen) atoms. The fourth-order valence-corrected chi connectivity index (χ4v) is 4.53. The first-order chi connectivity index (χ1) is 14.0. The molecule has 0 radical (unpaired) electrons. The maximum atomic E-state index is 13.4. The van der Waals surface area contributed by atoms with Crippen LogP contribution >= 0.6 is 11.8 Å². The Hall–Kier alpha value is -2.64. The van der Waals surface area contributed by atoms with Gasteiger partial charge in [-0.3, -0.25) is 19.3 Å². The zero-order chi connectivity index (χ0) is 20.4. The molecule has 2 fully saturated rings. The van der Waals surface area contributed by atoms with Crippen molar-refractivity contribution in [3.63, 3.8) is 0 Å². The maximum Gasteiger partial charge on any atom is 0.289 e. The minimum absolute atomic E-state index is 0.00996. The summed E-state index contributed by atoms with van der Waals surface area (Å²) in [7, 11) is 2.07. The summed E-state index contributed by atoms with van der Waals surface area (Å²) in [5, 5.41) is -0.227. The molecule has 3 amide bonds. The number of amides is 3. The number of piperazine rings is 1. The van der Waals surface area contributed by atoms with Gasteiger partial charge >= 0.3 is 0 Å². The van der Waals surface area contributed by atoms with Gasteiger partial charge in [0.05, 0.1) is 18.3 Å². The third-order valence-electron chi connectivity index (χ3n) is 5.38. The van der Waals surface area contributed by atoms with E-state index in [1.807, 2.05) is 35.2 Å². The van der Waals surface area contributed by atoms with Crippen molar-refractivity contribution in [1.82, 2.24) is 14.7 Å². The lowest BCUT2D eigenvalue weighted by Gasteiger charge is -2.40. The first-order valence-electron chi connectivity index (χ1n) is 9.63. The molecule has 0 N–H and O–H groups in total. The second-order valence-corrected chi connectivity index (χ2v) is 8.35. The molecule has 0 aliphatic carbocycles. The molecular formula is C22H23N3O3S. The minimum Gasteiger partial charge on any atom is -0.329 e. The van der Waals surface area contributed by atoms with Crippen LogP contribution in [0.4, 0.5) is 4.79 Å². The van der Waals surface area contributed by atoms with Gasteiger partial charge in [0.2, 0.25) is 5.91 Å². The summed E-state index contributed by atoms with van der Waals surface area (Å²) in [5.41, 5.74) is 2.49. The zero-order valence-corrected chi connectivity index (χ0v) is 17.1. The van der Waals surface area contributed by atoms with Crippen molar-refractivity contribution in [2.75, 3.05) is 32.4 Å². The lowest BCUT2D eigenvalue weighted by atomic mass is 10.0. The standard InChI is InChI=1S/C22H23N3O3S/c1-23-10-11-24(19(14-23)17-7-3-2-4-8-17)21(27)18-9-5-6-16(12-18)13-25-20(26)15-29-22(25)28/h2-9,12,19H,10-11,13-15H2,1H3/t19-/m1/s1. The van der Waals surface area contributed by atoms with Gasteiger partial charge in [0, 0.05) is 25.2 Å². The van der Waals surface area contributed by atoms with Crippen molar-refractivity contribution in [3.05, 3.63) is 71.3 Å². The highest BCUT2D eigenvalue weighted by atomic mass is 32.2. The number of hydrogen-bond donors (Lipinski definition) is 0. The molecule has 0 saturated carbocycles. The summed E-state index contributed by atoms with van der Waals surface area (Å²) < 4.78 is 0. The van der Waals surface area contributed by atoms with E-state index in [9.17, 15) is 14.4 Å². The van der Waals surface area contributed by atoms with E-state index in [1.165, 1.54) is 4.90 Å². The van der Waals surface area contributed by atoms with Crippen molar-refractivity contribution in [1.29, 1.82) is 0 Å². The van der Waals surface area contributed by atoms with Crippen LogP contribution in [0.2, 0.25) is 0 Å². The summed E-state index contributed by atoms with van der Waals surface area (Å²) in [4.78, 5) is 42.5. The molecule has 7 heteroatoms. The van der Waals surface area contributed by atoms with Crippen LogP contribution in [0.1, 0.15) is 27.5 Å². The molecule has 0 aromatic heterocycles. The third-order valence-corrected chi connectivity index (χ3v) is 6.24. The first kappa shape index (κ1) is 19.7. The van der Waals surface area contributed by atoms with Crippen LogP contribution in [0.5, 0.6) is 0 Å². The molecule has 2 aromatic rings. The summed E-state index contributed by atoms with van der Waals surface area (Å²) in [5.74, 6) is -0.0143. The molecule has 2 aliphatic rings. The van der Waals surface area contributed by atoms with Crippen LogP contribution in [0.15, 0.2) is 54.6 Å². The highest BCUT2D eigenvalue weighted by Crippen LogP contribution is 2.27. The van der Waals surface area contributed by atoms with Crippen molar-refractivity contribution in [2.45, 2.75) is 12.6 Å². The average Bonchev–Trinajstić information content (AvgIpc) is 3.06. The Morgan fingerprint density at radius 2 is 1.86 bits per heavy atom. The third kappa shape index (κ3) is 4.21. The van der Waals surface area contributed by atoms with Gasteiger partial charge in [0.15, 0.2) is 0 Å². The van der Waals surface area contributed by atoms with Gasteiger partial charge in [-0.05, 0) is 30.3 Å². The van der Waals surface area contributed by atoms with Crippen molar-refractivity contribution in [2.24, 2.45) is 0 Å². The van der Waals surface area contributed by atoms with Gasteiger partial charge in [-0.25, -0.2) is 0 Å². The molecule has 2 heterocycles. The van der Waals surface area contributed by atoms with Crippen LogP contribution in [0.3, 0.4) is 0 Å². The number of rotatable bonds is 4. The summed E-state index contributed by atoms with van der Waals surface area (Å²) in [6.07, 6.45) is 0. The van der Waals surface area contributed by atoms with Gasteiger partial charge in [-0.1, -0.05) is 54.2 Å². The van der Waals surface area contributed by atoms with Gasteiger partial charge < -0.3 is 9.80 Å². The molecular weight excluding hydrogens is 386 g/mol. The van der Waals surface area contributed by atoms with Crippen molar-refractivity contribution >= 4 is 28.8 Å². The van der Waals surface area contributed by atoms with Crippen LogP contribution in [0.25, 0.3) is 0 Å². The largest absolute Gasteiger partial charge is 0.329 e. The number of thioether (sulfide) groups is 1. The molecule has 150 valence electrons.